The maximum absolute atomic E-state index is 15.0. The molecule has 2 saturated heterocycles. The fourth-order valence-corrected chi connectivity index (χ4v) is 7.24. The van der Waals surface area contributed by atoms with Gasteiger partial charge in [0.25, 0.3) is 17.7 Å². The van der Waals surface area contributed by atoms with Gasteiger partial charge in [0, 0.05) is 29.8 Å². The number of nitrogens with two attached hydrogens (primary N) is 2. The number of urea groups is 1. The molecule has 0 radical (unpaired) electrons. The van der Waals surface area contributed by atoms with Gasteiger partial charge in [-0.15, -0.1) is 0 Å². The van der Waals surface area contributed by atoms with Crippen LogP contribution < -0.4 is 27.0 Å². The molecule has 5 aliphatic rings. The maximum atomic E-state index is 15.0. The molecule has 0 aromatic heterocycles. The van der Waals surface area contributed by atoms with Crippen LogP contribution in [0.1, 0.15) is 34.3 Å². The molecule has 4 amide bonds. The van der Waals surface area contributed by atoms with Crippen molar-refractivity contribution in [2.75, 3.05) is 24.5 Å². The van der Waals surface area contributed by atoms with E-state index in [4.69, 9.17) is 11.5 Å². The summed E-state index contributed by atoms with van der Waals surface area (Å²) in [5, 5.41) is 28.8. The Kier molecular flexibility index (Phi) is 6.32. The van der Waals surface area contributed by atoms with Crippen LogP contribution in [0.5, 0.6) is 0 Å². The van der Waals surface area contributed by atoms with Gasteiger partial charge in [-0.3, -0.25) is 19.4 Å². The number of halogens is 2. The van der Waals surface area contributed by atoms with E-state index in [1.54, 1.807) is 36.4 Å². The third-order valence-electron chi connectivity index (χ3n) is 9.30. The SMILES string of the molecule is NC1=N[C@H]2[C@H](CN3C(=O)CN(c4ccccc4)C3=O)N=C(N)N3CC(NC(=O)c4cccc5c4C(F)(F)CCC5)C(O)(O)[C@]23N1. The molecule has 14 nitrogen and oxygen atoms in total. The van der Waals surface area contributed by atoms with Crippen LogP contribution >= 0.6 is 0 Å². The van der Waals surface area contributed by atoms with Crippen molar-refractivity contribution < 1.29 is 33.4 Å². The number of carbonyl (C=O) groups is 3. The molecule has 1 unspecified atom stereocenters. The number of hydrogen-bond donors (Lipinski definition) is 6. The van der Waals surface area contributed by atoms with Crippen LogP contribution in [-0.4, -0.2) is 99.0 Å². The number of guanidine groups is 2. The van der Waals surface area contributed by atoms with Crippen molar-refractivity contribution in [1.29, 1.82) is 0 Å². The van der Waals surface area contributed by atoms with Gasteiger partial charge in [0.15, 0.2) is 17.6 Å². The number of hydrogen-bond acceptors (Lipinski definition) is 11. The molecule has 2 aromatic rings. The molecule has 2 fully saturated rings. The predicted molar refractivity (Wildman–Crippen MR) is 156 cm³/mol. The number of rotatable bonds is 5. The highest BCUT2D eigenvalue weighted by atomic mass is 19.3. The van der Waals surface area contributed by atoms with Gasteiger partial charge in [0.1, 0.15) is 18.6 Å². The second-order valence-corrected chi connectivity index (χ2v) is 11.9. The van der Waals surface area contributed by atoms with E-state index < -0.39 is 59.8 Å². The minimum absolute atomic E-state index is 0.193. The summed E-state index contributed by atoms with van der Waals surface area (Å²) < 4.78 is 29.9. The van der Waals surface area contributed by atoms with E-state index in [-0.39, 0.29) is 49.1 Å². The second-order valence-electron chi connectivity index (χ2n) is 11.9. The van der Waals surface area contributed by atoms with Crippen LogP contribution in [0.2, 0.25) is 0 Å². The lowest BCUT2D eigenvalue weighted by Gasteiger charge is -2.49. The molecule has 2 aromatic carbocycles. The summed E-state index contributed by atoms with van der Waals surface area (Å²) in [6, 6.07) is 8.62. The first-order valence-corrected chi connectivity index (χ1v) is 14.5. The molecule has 0 saturated carbocycles. The van der Waals surface area contributed by atoms with E-state index in [1.165, 1.54) is 21.9 Å². The van der Waals surface area contributed by atoms with Crippen LogP contribution in [0.3, 0.4) is 0 Å². The van der Waals surface area contributed by atoms with E-state index in [9.17, 15) is 33.4 Å². The average Bonchev–Trinajstić information content (AvgIpc) is 3.58. The lowest BCUT2D eigenvalue weighted by atomic mass is 9.84. The van der Waals surface area contributed by atoms with Crippen molar-refractivity contribution in [2.45, 2.75) is 54.8 Å². The monoisotopic (exact) mass is 623 g/mol. The molecule has 4 atom stereocenters. The normalized spacial score (nSPS) is 29.4. The van der Waals surface area contributed by atoms with Crippen LogP contribution in [0.15, 0.2) is 58.5 Å². The number of anilines is 1. The number of fused-ring (bicyclic) bond motifs is 1. The number of imide groups is 1. The number of benzene rings is 2. The summed E-state index contributed by atoms with van der Waals surface area (Å²) in [4.78, 5) is 52.2. The molecule has 0 bridgehead atoms. The summed E-state index contributed by atoms with van der Waals surface area (Å²) in [5.74, 6) is -7.89. The number of nitrogens with zero attached hydrogens (tertiary/aromatic N) is 5. The third kappa shape index (κ3) is 4.15. The second kappa shape index (κ2) is 9.84. The molecular weight excluding hydrogens is 592 g/mol. The van der Waals surface area contributed by atoms with Gasteiger partial charge in [-0.05, 0) is 36.6 Å². The summed E-state index contributed by atoms with van der Waals surface area (Å²) in [6.45, 7) is -0.818. The molecule has 45 heavy (non-hydrogen) atoms. The number of aryl methyl sites for hydroxylation is 1. The Morgan fingerprint density at radius 2 is 1.84 bits per heavy atom. The van der Waals surface area contributed by atoms with Crippen LogP contribution in [0.25, 0.3) is 0 Å². The topological polar surface area (TPSA) is 202 Å². The van der Waals surface area contributed by atoms with Gasteiger partial charge in [-0.25, -0.2) is 23.6 Å². The minimum atomic E-state index is -3.23. The molecule has 1 spiro atoms. The first-order chi connectivity index (χ1) is 21.3. The quantitative estimate of drug-likeness (QED) is 0.185. The molecular formula is C29H31F2N9O5. The summed E-state index contributed by atoms with van der Waals surface area (Å²) >= 11 is 0. The predicted octanol–water partition coefficient (Wildman–Crippen LogP) is -0.642. The Balaban J connectivity index is 1.18. The van der Waals surface area contributed by atoms with Crippen LogP contribution in [0.4, 0.5) is 19.3 Å². The van der Waals surface area contributed by atoms with E-state index in [2.05, 4.69) is 20.6 Å². The Hall–Kier alpha value is -4.83. The number of nitrogens with one attached hydrogen (secondary N) is 2. The Morgan fingerprint density at radius 3 is 2.60 bits per heavy atom. The van der Waals surface area contributed by atoms with E-state index in [0.29, 0.717) is 17.7 Å². The van der Waals surface area contributed by atoms with Crippen molar-refractivity contribution >= 4 is 35.5 Å². The molecule has 4 heterocycles. The smallest absolute Gasteiger partial charge is 0.331 e. The Bertz CT molecular complexity index is 1670. The number of para-hydroxylation sites is 1. The first kappa shape index (κ1) is 28.9. The largest absolute Gasteiger partial charge is 0.370 e. The van der Waals surface area contributed by atoms with Crippen molar-refractivity contribution in [3.63, 3.8) is 0 Å². The number of alkyl halides is 2. The lowest BCUT2D eigenvalue weighted by Crippen LogP contribution is -2.78. The van der Waals surface area contributed by atoms with E-state index in [0.717, 1.165) is 4.90 Å². The zero-order chi connectivity index (χ0) is 31.9. The fraction of sp³-hybridized carbons (Fsp3) is 0.414. The summed E-state index contributed by atoms with van der Waals surface area (Å²) in [5.41, 5.74) is 10.6. The van der Waals surface area contributed by atoms with Crippen LogP contribution in [-0.2, 0) is 17.1 Å². The maximum Gasteiger partial charge on any atom is 0.331 e. The zero-order valence-electron chi connectivity index (χ0n) is 23.9. The first-order valence-electron chi connectivity index (χ1n) is 14.5. The number of carbonyl (C=O) groups excluding carboxylic acids is 3. The Labute approximate surface area is 255 Å². The van der Waals surface area contributed by atoms with Gasteiger partial charge in [-0.2, -0.15) is 0 Å². The van der Waals surface area contributed by atoms with Crippen molar-refractivity contribution in [1.82, 2.24) is 20.4 Å². The fourth-order valence-electron chi connectivity index (χ4n) is 7.24. The van der Waals surface area contributed by atoms with Gasteiger partial charge in [0.2, 0.25) is 5.79 Å². The molecule has 236 valence electrons. The average molecular weight is 624 g/mol. The third-order valence-corrected chi connectivity index (χ3v) is 9.30. The van der Waals surface area contributed by atoms with Crippen molar-refractivity contribution in [2.24, 2.45) is 21.5 Å². The Morgan fingerprint density at radius 1 is 1.09 bits per heavy atom. The van der Waals surface area contributed by atoms with E-state index in [1.807, 2.05) is 0 Å². The lowest BCUT2D eigenvalue weighted by molar-refractivity contribution is -0.230. The van der Waals surface area contributed by atoms with Gasteiger partial charge in [0.05, 0.1) is 12.6 Å². The van der Waals surface area contributed by atoms with E-state index >= 15 is 0 Å². The van der Waals surface area contributed by atoms with Crippen molar-refractivity contribution in [3.05, 3.63) is 65.2 Å². The molecule has 7 rings (SSSR count). The standard InChI is InChI=1S/C29H31F2N9O5/c30-27(31)11-5-7-15-6-4-10-17(21(15)27)23(42)35-19-13-40-25(33)34-18(22-28(40,29(19,44)45)37-24(32)36-22)12-39-20(41)14-38(26(39)43)16-8-2-1-3-9-16/h1-4,6,8-10,18-19,22,44-45H,5,7,11-14H2,(H2,33,34)(H,35,42)(H3,32,36,37)/t18-,19?,22-,28-/m0/s1. The summed E-state index contributed by atoms with van der Waals surface area (Å²) in [7, 11) is 0. The van der Waals surface area contributed by atoms with Crippen molar-refractivity contribution in [3.8, 4) is 0 Å². The minimum Gasteiger partial charge on any atom is -0.370 e. The number of aliphatic hydroxyl groups is 2. The molecule has 1 aliphatic carbocycles. The highest BCUT2D eigenvalue weighted by Gasteiger charge is 2.73. The van der Waals surface area contributed by atoms with Crippen LogP contribution in [0, 0.1) is 0 Å². The highest BCUT2D eigenvalue weighted by molar-refractivity contribution is 6.12. The van der Waals surface area contributed by atoms with Gasteiger partial charge >= 0.3 is 6.03 Å². The molecule has 16 heteroatoms. The van der Waals surface area contributed by atoms with Gasteiger partial charge in [-0.1, -0.05) is 30.3 Å². The number of aliphatic imine (C=N–C) groups is 2. The summed E-state index contributed by atoms with van der Waals surface area (Å²) in [6.07, 6.45) is 0.253. The number of amides is 4. The molecule has 4 aliphatic heterocycles. The molecule has 8 N–H and O–H groups in total. The highest BCUT2D eigenvalue weighted by Crippen LogP contribution is 2.46. The van der Waals surface area contributed by atoms with Gasteiger partial charge < -0.3 is 37.2 Å². The zero-order valence-corrected chi connectivity index (χ0v) is 23.9.